The van der Waals surface area contributed by atoms with E-state index in [1.807, 2.05) is 13.0 Å². The standard InChI is InChI=1S/C12H14N4O3/c1-8(10-3-2-6-19-10)15-12-11(16(17)18)9(7-13)4-5-14-12/h4-5,8,10H,2-3,6H2,1H3,(H,14,15). The Morgan fingerprint density at radius 3 is 3.11 bits per heavy atom. The molecule has 0 spiro atoms. The molecule has 0 aliphatic carbocycles. The van der Waals surface area contributed by atoms with Crippen LogP contribution in [0.5, 0.6) is 0 Å². The zero-order valence-electron chi connectivity index (χ0n) is 10.5. The highest BCUT2D eigenvalue weighted by Gasteiger charge is 2.27. The number of ether oxygens (including phenoxy) is 1. The summed E-state index contributed by atoms with van der Waals surface area (Å²) in [5.74, 6) is 0.118. The summed E-state index contributed by atoms with van der Waals surface area (Å²) in [6.45, 7) is 2.60. The Morgan fingerprint density at radius 1 is 1.74 bits per heavy atom. The van der Waals surface area contributed by atoms with Crippen LogP contribution in [0.2, 0.25) is 0 Å². The maximum atomic E-state index is 11.0. The van der Waals surface area contributed by atoms with Gasteiger partial charge in [-0.25, -0.2) is 4.98 Å². The number of nitriles is 1. The maximum Gasteiger partial charge on any atom is 0.328 e. The van der Waals surface area contributed by atoms with E-state index in [0.29, 0.717) is 6.61 Å². The third-order valence-corrected chi connectivity index (χ3v) is 3.11. The van der Waals surface area contributed by atoms with Crippen molar-refractivity contribution in [1.29, 1.82) is 5.26 Å². The van der Waals surface area contributed by atoms with Crippen LogP contribution in [0.1, 0.15) is 25.3 Å². The summed E-state index contributed by atoms with van der Waals surface area (Å²) in [6.07, 6.45) is 3.31. The quantitative estimate of drug-likeness (QED) is 0.656. The summed E-state index contributed by atoms with van der Waals surface area (Å²) < 4.78 is 5.52. The Hall–Kier alpha value is -2.20. The molecule has 1 N–H and O–H groups in total. The Bertz CT molecular complexity index is 520. The number of rotatable bonds is 4. The van der Waals surface area contributed by atoms with Crippen LogP contribution in [0.3, 0.4) is 0 Å². The number of nitrogens with one attached hydrogen (secondary N) is 1. The van der Waals surface area contributed by atoms with E-state index >= 15 is 0 Å². The molecule has 2 rings (SSSR count). The zero-order valence-corrected chi connectivity index (χ0v) is 10.5. The fraction of sp³-hybridized carbons (Fsp3) is 0.500. The lowest BCUT2D eigenvalue weighted by Gasteiger charge is -2.20. The van der Waals surface area contributed by atoms with Crippen LogP contribution in [0, 0.1) is 21.4 Å². The molecule has 0 radical (unpaired) electrons. The Labute approximate surface area is 110 Å². The lowest BCUT2D eigenvalue weighted by Crippen LogP contribution is -2.30. The molecule has 2 unspecified atom stereocenters. The van der Waals surface area contributed by atoms with Crippen LogP contribution in [-0.4, -0.2) is 28.7 Å². The van der Waals surface area contributed by atoms with Crippen molar-refractivity contribution in [1.82, 2.24) is 4.98 Å². The molecule has 1 aromatic rings. The van der Waals surface area contributed by atoms with E-state index in [2.05, 4.69) is 10.3 Å². The Kier molecular flexibility index (Phi) is 3.92. The minimum atomic E-state index is -0.587. The van der Waals surface area contributed by atoms with Gasteiger partial charge < -0.3 is 10.1 Å². The van der Waals surface area contributed by atoms with Crippen molar-refractivity contribution in [2.45, 2.75) is 31.9 Å². The number of aromatic nitrogens is 1. The van der Waals surface area contributed by atoms with Crippen molar-refractivity contribution >= 4 is 11.5 Å². The van der Waals surface area contributed by atoms with Crippen LogP contribution in [0.15, 0.2) is 12.3 Å². The molecule has 1 fully saturated rings. The van der Waals surface area contributed by atoms with Crippen LogP contribution in [0.25, 0.3) is 0 Å². The first kappa shape index (κ1) is 13.2. The second kappa shape index (κ2) is 5.63. The molecule has 1 saturated heterocycles. The van der Waals surface area contributed by atoms with Gasteiger partial charge in [0.15, 0.2) is 0 Å². The second-order valence-corrected chi connectivity index (χ2v) is 4.41. The molecule has 2 heterocycles. The number of pyridine rings is 1. The van der Waals surface area contributed by atoms with E-state index < -0.39 is 4.92 Å². The summed E-state index contributed by atoms with van der Waals surface area (Å²) in [6, 6.07) is 3.05. The van der Waals surface area contributed by atoms with E-state index in [9.17, 15) is 10.1 Å². The van der Waals surface area contributed by atoms with E-state index in [1.54, 1.807) is 0 Å². The predicted molar refractivity (Wildman–Crippen MR) is 67.7 cm³/mol. The molecule has 7 nitrogen and oxygen atoms in total. The van der Waals surface area contributed by atoms with Gasteiger partial charge in [-0.3, -0.25) is 10.1 Å². The van der Waals surface area contributed by atoms with E-state index in [0.717, 1.165) is 12.8 Å². The fourth-order valence-electron chi connectivity index (χ4n) is 2.14. The third-order valence-electron chi connectivity index (χ3n) is 3.11. The molecule has 2 atom stereocenters. The van der Waals surface area contributed by atoms with E-state index in [4.69, 9.17) is 10.00 Å². The van der Waals surface area contributed by atoms with Crippen molar-refractivity contribution in [3.63, 3.8) is 0 Å². The first-order valence-corrected chi connectivity index (χ1v) is 6.05. The van der Waals surface area contributed by atoms with Gasteiger partial charge in [0.25, 0.3) is 0 Å². The van der Waals surface area contributed by atoms with Crippen molar-refractivity contribution in [3.05, 3.63) is 27.9 Å². The average molecular weight is 262 g/mol. The van der Waals surface area contributed by atoms with Gasteiger partial charge in [0.2, 0.25) is 5.82 Å². The van der Waals surface area contributed by atoms with Crippen LogP contribution in [0.4, 0.5) is 11.5 Å². The molecular formula is C12H14N4O3. The lowest BCUT2D eigenvalue weighted by atomic mass is 10.1. The highest BCUT2D eigenvalue weighted by molar-refractivity contribution is 5.64. The first-order valence-electron chi connectivity index (χ1n) is 6.05. The molecule has 7 heteroatoms. The Morgan fingerprint density at radius 2 is 2.53 bits per heavy atom. The molecule has 1 aliphatic rings. The van der Waals surface area contributed by atoms with Crippen LogP contribution in [-0.2, 0) is 4.74 Å². The molecule has 0 saturated carbocycles. The van der Waals surface area contributed by atoms with Gasteiger partial charge in [-0.05, 0) is 25.8 Å². The number of nitro groups is 1. The Balaban J connectivity index is 2.24. The number of hydrogen-bond donors (Lipinski definition) is 1. The second-order valence-electron chi connectivity index (χ2n) is 4.41. The summed E-state index contributed by atoms with van der Waals surface area (Å²) in [4.78, 5) is 14.4. The summed E-state index contributed by atoms with van der Waals surface area (Å²) in [7, 11) is 0. The van der Waals surface area contributed by atoms with Gasteiger partial charge in [-0.1, -0.05) is 0 Å². The molecule has 100 valence electrons. The number of hydrogen-bond acceptors (Lipinski definition) is 6. The smallest absolute Gasteiger partial charge is 0.328 e. The minimum absolute atomic E-state index is 0.00189. The lowest BCUT2D eigenvalue weighted by molar-refractivity contribution is -0.384. The average Bonchev–Trinajstić information content (AvgIpc) is 2.92. The van der Waals surface area contributed by atoms with Gasteiger partial charge in [0.05, 0.1) is 17.1 Å². The molecule has 1 aromatic heterocycles. The van der Waals surface area contributed by atoms with E-state index in [-0.39, 0.29) is 29.2 Å². The zero-order chi connectivity index (χ0) is 13.8. The SMILES string of the molecule is CC(Nc1nccc(C#N)c1[N+](=O)[O-])C1CCCO1. The monoisotopic (exact) mass is 262 g/mol. The highest BCUT2D eigenvalue weighted by atomic mass is 16.6. The first-order chi connectivity index (χ1) is 9.13. The van der Waals surface area contributed by atoms with Gasteiger partial charge in [-0.2, -0.15) is 5.26 Å². The van der Waals surface area contributed by atoms with Gasteiger partial charge in [0.1, 0.15) is 11.6 Å². The highest BCUT2D eigenvalue weighted by Crippen LogP contribution is 2.27. The molecule has 0 amide bonds. The fourth-order valence-corrected chi connectivity index (χ4v) is 2.14. The van der Waals surface area contributed by atoms with Crippen LogP contribution >= 0.6 is 0 Å². The summed E-state index contributed by atoms with van der Waals surface area (Å²) in [5.41, 5.74) is -0.281. The van der Waals surface area contributed by atoms with E-state index in [1.165, 1.54) is 12.3 Å². The van der Waals surface area contributed by atoms with Crippen molar-refractivity contribution < 1.29 is 9.66 Å². The van der Waals surface area contributed by atoms with Gasteiger partial charge >= 0.3 is 5.69 Å². The normalized spacial score (nSPS) is 19.7. The summed E-state index contributed by atoms with van der Waals surface area (Å²) in [5, 5.41) is 22.9. The molecule has 1 aliphatic heterocycles. The largest absolute Gasteiger partial charge is 0.376 e. The predicted octanol–water partition coefficient (Wildman–Crippen LogP) is 1.84. The van der Waals surface area contributed by atoms with Crippen LogP contribution < -0.4 is 5.32 Å². The summed E-state index contributed by atoms with van der Waals surface area (Å²) >= 11 is 0. The molecule has 19 heavy (non-hydrogen) atoms. The van der Waals surface area contributed by atoms with Crippen molar-refractivity contribution in [2.75, 3.05) is 11.9 Å². The topological polar surface area (TPSA) is 101 Å². The maximum absolute atomic E-state index is 11.0. The third kappa shape index (κ3) is 2.80. The molecule has 0 bridgehead atoms. The van der Waals surface area contributed by atoms with Gasteiger partial charge in [0, 0.05) is 12.8 Å². The number of anilines is 1. The van der Waals surface area contributed by atoms with Crippen molar-refractivity contribution in [3.8, 4) is 6.07 Å². The molecule has 0 aromatic carbocycles. The minimum Gasteiger partial charge on any atom is -0.376 e. The van der Waals surface area contributed by atoms with Crippen molar-refractivity contribution in [2.24, 2.45) is 0 Å². The van der Waals surface area contributed by atoms with Gasteiger partial charge in [-0.15, -0.1) is 0 Å². The molecular weight excluding hydrogens is 248 g/mol. The number of nitrogens with zero attached hydrogens (tertiary/aromatic N) is 3.